The molecule has 1 aliphatic rings. The van der Waals surface area contributed by atoms with Crippen LogP contribution < -0.4 is 10.1 Å². The summed E-state index contributed by atoms with van der Waals surface area (Å²) in [5, 5.41) is 28.7. The lowest BCUT2D eigenvalue weighted by Gasteiger charge is -2.22. The fourth-order valence-electron chi connectivity index (χ4n) is 4.46. The predicted octanol–water partition coefficient (Wildman–Crippen LogP) is 4.89. The van der Waals surface area contributed by atoms with Crippen LogP contribution in [-0.4, -0.2) is 55.1 Å². The van der Waals surface area contributed by atoms with Gasteiger partial charge in [0.1, 0.15) is 5.75 Å². The number of halogens is 1. The number of hydrogen-bond acceptors (Lipinski definition) is 9. The molecule has 1 aliphatic heterocycles. The SMILES string of the molecule is COc1ccc([C@H]2CC(c3ccc(Br)cc3)=NN2C(=O)CSc2nnc(CNC(=O)c3ccc([N+](=O)[O-])cc3)n2C)cc1. The molecule has 0 radical (unpaired) electrons. The first-order valence-corrected chi connectivity index (χ1v) is 14.8. The van der Waals surface area contributed by atoms with Crippen molar-refractivity contribution >= 4 is 50.9 Å². The molecule has 0 fully saturated rings. The molecule has 0 saturated heterocycles. The minimum atomic E-state index is -0.526. The quantitative estimate of drug-likeness (QED) is 0.143. The van der Waals surface area contributed by atoms with Crippen LogP contribution in [0.5, 0.6) is 5.75 Å². The van der Waals surface area contributed by atoms with E-state index in [2.05, 4.69) is 31.4 Å². The van der Waals surface area contributed by atoms with Crippen LogP contribution in [0.2, 0.25) is 0 Å². The second-order valence-corrected chi connectivity index (χ2v) is 11.4. The number of hydrazone groups is 1. The van der Waals surface area contributed by atoms with Crippen molar-refractivity contribution in [1.29, 1.82) is 0 Å². The zero-order chi connectivity index (χ0) is 30.5. The highest BCUT2D eigenvalue weighted by molar-refractivity contribution is 9.10. The van der Waals surface area contributed by atoms with E-state index < -0.39 is 10.8 Å². The molecule has 220 valence electrons. The molecule has 2 amide bonds. The first-order chi connectivity index (χ1) is 20.7. The Kier molecular flexibility index (Phi) is 9.16. The van der Waals surface area contributed by atoms with Gasteiger partial charge in [0, 0.05) is 35.6 Å². The molecule has 1 aromatic heterocycles. The van der Waals surface area contributed by atoms with Crippen LogP contribution in [-0.2, 0) is 18.4 Å². The highest BCUT2D eigenvalue weighted by atomic mass is 79.9. The molecular formula is C29H26BrN7O5S. The third-order valence-electron chi connectivity index (χ3n) is 6.84. The molecule has 1 N–H and O–H groups in total. The summed E-state index contributed by atoms with van der Waals surface area (Å²) in [5.41, 5.74) is 2.89. The Morgan fingerprint density at radius 1 is 1.07 bits per heavy atom. The van der Waals surface area contributed by atoms with Gasteiger partial charge < -0.3 is 14.6 Å². The average molecular weight is 665 g/mol. The highest BCUT2D eigenvalue weighted by Gasteiger charge is 2.33. The van der Waals surface area contributed by atoms with Gasteiger partial charge in [-0.1, -0.05) is 52.0 Å². The van der Waals surface area contributed by atoms with Gasteiger partial charge in [0.15, 0.2) is 11.0 Å². The molecule has 0 bridgehead atoms. The summed E-state index contributed by atoms with van der Waals surface area (Å²) in [5.74, 6) is 0.698. The van der Waals surface area contributed by atoms with Crippen molar-refractivity contribution in [1.82, 2.24) is 25.1 Å². The van der Waals surface area contributed by atoms with Crippen molar-refractivity contribution in [3.63, 3.8) is 0 Å². The summed E-state index contributed by atoms with van der Waals surface area (Å²) in [6.07, 6.45) is 0.562. The molecule has 2 heterocycles. The number of nitrogens with zero attached hydrogens (tertiary/aromatic N) is 6. The van der Waals surface area contributed by atoms with E-state index in [1.165, 1.54) is 41.0 Å². The first kappa shape index (κ1) is 29.9. The van der Waals surface area contributed by atoms with Crippen molar-refractivity contribution in [3.8, 4) is 5.75 Å². The number of amides is 2. The molecule has 43 heavy (non-hydrogen) atoms. The fourth-order valence-corrected chi connectivity index (χ4v) is 5.50. The summed E-state index contributed by atoms with van der Waals surface area (Å²) >= 11 is 4.69. The lowest BCUT2D eigenvalue weighted by Crippen LogP contribution is -2.28. The first-order valence-electron chi connectivity index (χ1n) is 13.1. The van der Waals surface area contributed by atoms with Crippen LogP contribution in [0.3, 0.4) is 0 Å². The zero-order valence-electron chi connectivity index (χ0n) is 23.1. The number of thioether (sulfide) groups is 1. The maximum atomic E-state index is 13.5. The number of nitro benzene ring substituents is 1. The van der Waals surface area contributed by atoms with Gasteiger partial charge in [0.25, 0.3) is 17.5 Å². The fraction of sp³-hybridized carbons (Fsp3) is 0.207. The molecule has 12 nitrogen and oxygen atoms in total. The molecule has 0 spiro atoms. The van der Waals surface area contributed by atoms with E-state index in [-0.39, 0.29) is 35.5 Å². The molecule has 0 saturated carbocycles. The van der Waals surface area contributed by atoms with Crippen LogP contribution in [0.4, 0.5) is 5.69 Å². The summed E-state index contributed by atoms with van der Waals surface area (Å²) in [6, 6.07) is 20.5. The van der Waals surface area contributed by atoms with Gasteiger partial charge in [0.05, 0.1) is 36.1 Å². The van der Waals surface area contributed by atoms with Gasteiger partial charge in [-0.2, -0.15) is 5.10 Å². The Hall–Kier alpha value is -4.56. The lowest BCUT2D eigenvalue weighted by atomic mass is 9.98. The molecule has 0 unspecified atom stereocenters. The average Bonchev–Trinajstić information content (AvgIpc) is 3.63. The lowest BCUT2D eigenvalue weighted by molar-refractivity contribution is -0.384. The predicted molar refractivity (Wildman–Crippen MR) is 164 cm³/mol. The van der Waals surface area contributed by atoms with Gasteiger partial charge >= 0.3 is 0 Å². The van der Waals surface area contributed by atoms with Crippen LogP contribution >= 0.6 is 27.7 Å². The number of aromatic nitrogens is 3. The topological polar surface area (TPSA) is 145 Å². The van der Waals surface area contributed by atoms with Crippen LogP contribution in [0, 0.1) is 10.1 Å². The Balaban J connectivity index is 1.25. The number of nitro groups is 1. The van der Waals surface area contributed by atoms with E-state index in [0.29, 0.717) is 17.4 Å². The van der Waals surface area contributed by atoms with Crippen molar-refractivity contribution in [2.24, 2.45) is 12.1 Å². The molecular weight excluding hydrogens is 638 g/mol. The highest BCUT2D eigenvalue weighted by Crippen LogP contribution is 2.34. The number of rotatable bonds is 10. The van der Waals surface area contributed by atoms with Gasteiger partial charge in [-0.25, -0.2) is 5.01 Å². The van der Waals surface area contributed by atoms with Gasteiger partial charge in [-0.05, 0) is 47.5 Å². The van der Waals surface area contributed by atoms with Gasteiger partial charge in [-0.15, -0.1) is 10.2 Å². The number of methoxy groups -OCH3 is 1. The van der Waals surface area contributed by atoms with Gasteiger partial charge in [-0.3, -0.25) is 19.7 Å². The number of carbonyl (C=O) groups is 2. The van der Waals surface area contributed by atoms with E-state index in [1.807, 2.05) is 48.5 Å². The van der Waals surface area contributed by atoms with Gasteiger partial charge in [0.2, 0.25) is 0 Å². The zero-order valence-corrected chi connectivity index (χ0v) is 25.5. The summed E-state index contributed by atoms with van der Waals surface area (Å²) < 4.78 is 7.96. The number of carbonyl (C=O) groups excluding carboxylic acids is 2. The second kappa shape index (κ2) is 13.2. The number of nitrogens with one attached hydrogen (secondary N) is 1. The van der Waals surface area contributed by atoms with Crippen molar-refractivity contribution in [3.05, 3.63) is 110 Å². The molecule has 4 aromatic rings. The summed E-state index contributed by atoms with van der Waals surface area (Å²) in [6.45, 7) is 0.0837. The van der Waals surface area contributed by atoms with E-state index in [9.17, 15) is 19.7 Å². The van der Waals surface area contributed by atoms with E-state index in [1.54, 1.807) is 18.7 Å². The molecule has 14 heteroatoms. The Morgan fingerprint density at radius 3 is 2.42 bits per heavy atom. The minimum Gasteiger partial charge on any atom is -0.497 e. The van der Waals surface area contributed by atoms with E-state index >= 15 is 0 Å². The summed E-state index contributed by atoms with van der Waals surface area (Å²) in [7, 11) is 3.36. The maximum Gasteiger partial charge on any atom is 0.269 e. The number of hydrogen-bond donors (Lipinski definition) is 1. The monoisotopic (exact) mass is 663 g/mol. The number of non-ortho nitro benzene ring substituents is 1. The molecule has 5 rings (SSSR count). The smallest absolute Gasteiger partial charge is 0.269 e. The number of ether oxygens (including phenoxy) is 1. The Morgan fingerprint density at radius 2 is 1.77 bits per heavy atom. The van der Waals surface area contributed by atoms with Crippen molar-refractivity contribution in [2.45, 2.75) is 24.2 Å². The van der Waals surface area contributed by atoms with E-state index in [4.69, 9.17) is 9.84 Å². The van der Waals surface area contributed by atoms with Crippen LogP contribution in [0.15, 0.2) is 87.5 Å². The Labute approximate surface area is 259 Å². The number of benzene rings is 3. The van der Waals surface area contributed by atoms with Crippen LogP contribution in [0.25, 0.3) is 0 Å². The summed E-state index contributed by atoms with van der Waals surface area (Å²) in [4.78, 5) is 36.3. The normalized spacial score (nSPS) is 14.3. The van der Waals surface area contributed by atoms with Crippen molar-refractivity contribution < 1.29 is 19.2 Å². The van der Waals surface area contributed by atoms with Crippen LogP contribution in [0.1, 0.15) is 39.8 Å². The second-order valence-electron chi connectivity index (χ2n) is 9.52. The third kappa shape index (κ3) is 6.92. The maximum absolute atomic E-state index is 13.5. The standard InChI is InChI=1S/C29H26BrN7O5S/c1-35-26(16-31-28(39)20-5-11-22(12-6-20)37(40)41)32-33-29(35)43-17-27(38)36-25(19-7-13-23(42-2)14-8-19)15-24(34-36)18-3-9-21(30)10-4-18/h3-14,25H,15-17H2,1-2H3,(H,31,39)/t25-/m1/s1. The van der Waals surface area contributed by atoms with Crippen molar-refractivity contribution in [2.75, 3.05) is 12.9 Å². The molecule has 0 aliphatic carbocycles. The van der Waals surface area contributed by atoms with E-state index in [0.717, 1.165) is 27.1 Å². The third-order valence-corrected chi connectivity index (χ3v) is 8.37. The molecule has 3 aromatic carbocycles. The Bertz CT molecular complexity index is 1680. The minimum absolute atomic E-state index is 0.0743. The largest absolute Gasteiger partial charge is 0.497 e. The molecule has 1 atom stereocenters.